The molecule has 2 rings (SSSR count). The molecule has 0 aliphatic heterocycles. The topological polar surface area (TPSA) is 135 Å². The first-order valence-electron chi connectivity index (χ1n) is 11.8. The Balaban J connectivity index is 1.87. The summed E-state index contributed by atoms with van der Waals surface area (Å²) in [6, 6.07) is 10.3. The highest BCUT2D eigenvalue weighted by Gasteiger charge is 2.27. The van der Waals surface area contributed by atoms with Gasteiger partial charge in [-0.05, 0) is 49.7 Å². The van der Waals surface area contributed by atoms with Gasteiger partial charge in [0, 0.05) is 26.5 Å². The van der Waals surface area contributed by atoms with Gasteiger partial charge in [-0.3, -0.25) is 0 Å². The van der Waals surface area contributed by atoms with Crippen LogP contribution in [0.2, 0.25) is 0 Å². The largest absolute Gasteiger partial charge is 0.387 e. The molecule has 2 aliphatic carbocycles. The van der Waals surface area contributed by atoms with Crippen LogP contribution >= 0.6 is 45.2 Å². The zero-order valence-electron chi connectivity index (χ0n) is 19.9. The lowest BCUT2D eigenvalue weighted by Crippen LogP contribution is -2.24. The smallest absolute Gasteiger partial charge is 0.266 e. The molecule has 0 heterocycles. The van der Waals surface area contributed by atoms with Crippen molar-refractivity contribution in [2.45, 2.75) is 72.1 Å². The van der Waals surface area contributed by atoms with Crippen LogP contribution in [0.4, 0.5) is 0 Å². The summed E-state index contributed by atoms with van der Waals surface area (Å²) < 4.78 is 0.529. The van der Waals surface area contributed by atoms with Crippen molar-refractivity contribution in [1.29, 1.82) is 26.3 Å². The van der Waals surface area contributed by atoms with E-state index in [4.69, 9.17) is 6.57 Å². The number of alkyl halides is 2. The lowest BCUT2D eigenvalue weighted by Gasteiger charge is -2.24. The first-order valence-corrected chi connectivity index (χ1v) is 14.2. The summed E-state index contributed by atoms with van der Waals surface area (Å²) in [5, 5.41) is 50.4. The molecule has 0 saturated carbocycles. The van der Waals surface area contributed by atoms with E-state index in [0.29, 0.717) is 35.1 Å². The predicted octanol–water partition coefficient (Wildman–Crippen LogP) is 6.75. The highest BCUT2D eigenvalue weighted by atomic mass is 127. The second kappa shape index (κ2) is 15.3. The molecular formula is C27H25I2N7. The minimum atomic E-state index is 0.00724. The molecule has 0 saturated heterocycles. The standard InChI is InChI=1S/C27H25I2N7/c1-35-27(17-34)23-11-21(29)12-26(25(23)16-33)36-8-6-4-2-3-5-7-18-9-20(28)10-22(24(18)15-32)19(13-30)14-31/h20-21,36H,2-12H2/b27-23+. The Kier molecular flexibility index (Phi) is 12.5. The molecule has 2 aliphatic rings. The monoisotopic (exact) mass is 701 g/mol. The van der Waals surface area contributed by atoms with Gasteiger partial charge < -0.3 is 5.32 Å². The molecule has 0 fully saturated rings. The average molecular weight is 701 g/mol. The Hall–Kier alpha value is -2.84. The zero-order chi connectivity index (χ0) is 26.5. The number of rotatable bonds is 9. The van der Waals surface area contributed by atoms with Crippen molar-refractivity contribution in [2.75, 3.05) is 6.54 Å². The van der Waals surface area contributed by atoms with Crippen molar-refractivity contribution in [3.8, 4) is 30.3 Å². The fourth-order valence-electron chi connectivity index (χ4n) is 4.54. The van der Waals surface area contributed by atoms with Crippen LogP contribution in [0.3, 0.4) is 0 Å². The van der Waals surface area contributed by atoms with Crippen molar-refractivity contribution in [2.24, 2.45) is 0 Å². The summed E-state index contributed by atoms with van der Waals surface area (Å²) in [4.78, 5) is 3.30. The first-order chi connectivity index (χ1) is 17.4. The molecule has 0 radical (unpaired) electrons. The maximum absolute atomic E-state index is 9.67. The molecule has 182 valence electrons. The Bertz CT molecular complexity index is 1110. The molecule has 0 aromatic heterocycles. The van der Waals surface area contributed by atoms with Crippen molar-refractivity contribution in [1.82, 2.24) is 5.32 Å². The summed E-state index contributed by atoms with van der Waals surface area (Å²) >= 11 is 4.64. The fraction of sp³-hybridized carbons (Fsp3) is 0.481. The molecule has 2 unspecified atom stereocenters. The van der Waals surface area contributed by atoms with Gasteiger partial charge in [-0.15, -0.1) is 0 Å². The summed E-state index contributed by atoms with van der Waals surface area (Å²) in [6.07, 6.45) is 8.53. The number of nitrogens with zero attached hydrogens (tertiary/aromatic N) is 6. The Morgan fingerprint density at radius 2 is 1.42 bits per heavy atom. The summed E-state index contributed by atoms with van der Waals surface area (Å²) in [5.41, 5.74) is 4.10. The van der Waals surface area contributed by atoms with Crippen molar-refractivity contribution >= 4 is 45.2 Å². The minimum absolute atomic E-state index is 0.00724. The first kappa shape index (κ1) is 29.4. The number of nitrogens with one attached hydrogen (secondary N) is 1. The van der Waals surface area contributed by atoms with Crippen molar-refractivity contribution in [3.05, 3.63) is 56.2 Å². The molecule has 0 amide bonds. The minimum Gasteiger partial charge on any atom is -0.387 e. The maximum Gasteiger partial charge on any atom is 0.266 e. The number of unbranched alkanes of at least 4 members (excludes halogenated alkanes) is 4. The molecule has 7 nitrogen and oxygen atoms in total. The van der Waals surface area contributed by atoms with E-state index in [1.807, 2.05) is 18.2 Å². The molecule has 36 heavy (non-hydrogen) atoms. The molecule has 0 aromatic rings. The van der Waals surface area contributed by atoms with Gasteiger partial charge in [-0.1, -0.05) is 70.0 Å². The SMILES string of the molecule is [C-]#[N+]/C(C#N)=C1\CC(I)CC(NCCCCCCCC2=C(C#N)C(=C(C#N)C#N)CC(I)C2)=C1C#N. The van der Waals surface area contributed by atoms with Crippen LogP contribution in [0.15, 0.2) is 44.8 Å². The van der Waals surface area contributed by atoms with Gasteiger partial charge in [0.2, 0.25) is 0 Å². The van der Waals surface area contributed by atoms with Gasteiger partial charge >= 0.3 is 0 Å². The Morgan fingerprint density at radius 1 is 0.806 bits per heavy atom. The quantitative estimate of drug-likeness (QED) is 0.0930. The molecule has 9 heteroatoms. The second-order valence-electron chi connectivity index (χ2n) is 8.64. The zero-order valence-corrected chi connectivity index (χ0v) is 24.2. The average Bonchev–Trinajstić information content (AvgIpc) is 2.87. The third-order valence-corrected chi connectivity index (χ3v) is 8.01. The van der Waals surface area contributed by atoms with Gasteiger partial charge in [-0.2, -0.15) is 21.0 Å². The van der Waals surface area contributed by atoms with Crippen LogP contribution in [0.1, 0.15) is 64.2 Å². The fourth-order valence-corrected chi connectivity index (χ4v) is 6.40. The number of hydrogen-bond acceptors (Lipinski definition) is 6. The summed E-state index contributed by atoms with van der Waals surface area (Å²) in [7, 11) is 0. The molecule has 1 N–H and O–H groups in total. The van der Waals surface area contributed by atoms with Crippen LogP contribution in [-0.4, -0.2) is 14.4 Å². The summed E-state index contributed by atoms with van der Waals surface area (Å²) in [6.45, 7) is 7.96. The number of halogens is 2. The molecule has 0 aromatic carbocycles. The normalized spacial score (nSPS) is 20.7. The van der Waals surface area contributed by atoms with E-state index in [1.165, 1.54) is 0 Å². The van der Waals surface area contributed by atoms with Crippen molar-refractivity contribution in [3.63, 3.8) is 0 Å². The second-order valence-corrected chi connectivity index (χ2v) is 12.2. The highest BCUT2D eigenvalue weighted by Crippen LogP contribution is 2.38. The van der Waals surface area contributed by atoms with E-state index >= 15 is 0 Å². The number of nitriles is 5. The van der Waals surface area contributed by atoms with E-state index < -0.39 is 0 Å². The Morgan fingerprint density at radius 3 is 2.03 bits per heavy atom. The highest BCUT2D eigenvalue weighted by molar-refractivity contribution is 14.1. The van der Waals surface area contributed by atoms with Gasteiger partial charge in [-0.25, -0.2) is 10.1 Å². The van der Waals surface area contributed by atoms with Crippen LogP contribution < -0.4 is 5.32 Å². The van der Waals surface area contributed by atoms with E-state index in [1.54, 1.807) is 0 Å². The van der Waals surface area contributed by atoms with E-state index in [9.17, 15) is 26.3 Å². The predicted molar refractivity (Wildman–Crippen MR) is 153 cm³/mol. The number of hydrogen-bond donors (Lipinski definition) is 1. The number of allylic oxidation sites excluding steroid dienone is 8. The maximum atomic E-state index is 9.67. The van der Waals surface area contributed by atoms with Gasteiger partial charge in [0.05, 0.1) is 35.9 Å². The van der Waals surface area contributed by atoms with E-state index in [0.717, 1.165) is 69.2 Å². The Labute approximate surface area is 240 Å². The molecule has 2 atom stereocenters. The van der Waals surface area contributed by atoms with E-state index in [-0.39, 0.29) is 19.1 Å². The third kappa shape index (κ3) is 7.83. The van der Waals surface area contributed by atoms with Crippen LogP contribution in [-0.2, 0) is 0 Å². The summed E-state index contributed by atoms with van der Waals surface area (Å²) in [5.74, 6) is 0. The molecule has 0 bridgehead atoms. The van der Waals surface area contributed by atoms with Crippen LogP contribution in [0, 0.1) is 63.2 Å². The van der Waals surface area contributed by atoms with Crippen LogP contribution in [0.25, 0.3) is 4.85 Å². The van der Waals surface area contributed by atoms with Gasteiger partial charge in [0.15, 0.2) is 0 Å². The van der Waals surface area contributed by atoms with E-state index in [2.05, 4.69) is 67.5 Å². The third-order valence-electron chi connectivity index (χ3n) is 6.25. The molecular weight excluding hydrogens is 676 g/mol. The van der Waals surface area contributed by atoms with Gasteiger partial charge in [0.1, 0.15) is 17.7 Å². The lowest BCUT2D eigenvalue weighted by molar-refractivity contribution is 0.582. The van der Waals surface area contributed by atoms with Gasteiger partial charge in [0.25, 0.3) is 5.70 Å². The lowest BCUT2D eigenvalue weighted by atomic mass is 9.83. The molecule has 0 spiro atoms. The van der Waals surface area contributed by atoms with Crippen LogP contribution in [0.5, 0.6) is 0 Å². The van der Waals surface area contributed by atoms with Crippen molar-refractivity contribution < 1.29 is 0 Å².